The molecular formula is C18H26ClN3. The van der Waals surface area contributed by atoms with E-state index in [1.165, 1.54) is 42.5 Å². The predicted octanol–water partition coefficient (Wildman–Crippen LogP) is 4.06. The third-order valence-corrected chi connectivity index (χ3v) is 4.47. The van der Waals surface area contributed by atoms with Crippen LogP contribution in [0, 0.1) is 6.92 Å². The number of aryl methyl sites for hydroxylation is 1. The van der Waals surface area contributed by atoms with E-state index < -0.39 is 0 Å². The molecular weight excluding hydrogens is 294 g/mol. The zero-order valence-electron chi connectivity index (χ0n) is 13.3. The summed E-state index contributed by atoms with van der Waals surface area (Å²) in [5.41, 5.74) is 3.91. The molecule has 22 heavy (non-hydrogen) atoms. The maximum atomic E-state index is 4.71. The van der Waals surface area contributed by atoms with E-state index in [4.69, 9.17) is 5.10 Å². The van der Waals surface area contributed by atoms with Gasteiger partial charge in [-0.1, -0.05) is 43.2 Å². The molecule has 120 valence electrons. The Kier molecular flexibility index (Phi) is 6.47. The van der Waals surface area contributed by atoms with Crippen molar-refractivity contribution in [2.24, 2.45) is 0 Å². The van der Waals surface area contributed by atoms with Crippen LogP contribution in [0.4, 0.5) is 0 Å². The van der Waals surface area contributed by atoms with Crippen molar-refractivity contribution < 1.29 is 0 Å². The summed E-state index contributed by atoms with van der Waals surface area (Å²) in [6.45, 7) is 4.06. The number of nitrogens with zero attached hydrogens (tertiary/aromatic N) is 2. The van der Waals surface area contributed by atoms with E-state index in [0.29, 0.717) is 6.04 Å². The van der Waals surface area contributed by atoms with Gasteiger partial charge in [0.25, 0.3) is 0 Å². The highest BCUT2D eigenvalue weighted by Crippen LogP contribution is 2.29. The standard InChI is InChI=1S/C18H25N3.ClH/c1-15-17(14-21(20-15)18-9-5-6-10-18)13-19-12-11-16-7-3-2-4-8-16;/h2-4,7-8,14,18-19H,5-6,9-13H2,1H3;1H. The number of rotatable bonds is 6. The van der Waals surface area contributed by atoms with Crippen molar-refractivity contribution in [1.29, 1.82) is 0 Å². The Morgan fingerprint density at radius 3 is 2.64 bits per heavy atom. The third-order valence-electron chi connectivity index (χ3n) is 4.47. The SMILES string of the molecule is Cc1nn(C2CCCC2)cc1CNCCc1ccccc1.Cl. The molecule has 0 aliphatic heterocycles. The number of halogens is 1. The molecule has 1 aromatic heterocycles. The first-order valence-corrected chi connectivity index (χ1v) is 8.12. The normalized spacial score (nSPS) is 15.0. The van der Waals surface area contributed by atoms with Gasteiger partial charge in [0.05, 0.1) is 11.7 Å². The molecule has 0 unspecified atom stereocenters. The first kappa shape index (κ1) is 17.0. The largest absolute Gasteiger partial charge is 0.312 e. The van der Waals surface area contributed by atoms with Crippen LogP contribution in [0.3, 0.4) is 0 Å². The second-order valence-corrected chi connectivity index (χ2v) is 6.07. The van der Waals surface area contributed by atoms with Gasteiger partial charge in [-0.15, -0.1) is 12.4 Å². The molecule has 1 aromatic carbocycles. The summed E-state index contributed by atoms with van der Waals surface area (Å²) >= 11 is 0. The number of aromatic nitrogens is 2. The maximum Gasteiger partial charge on any atom is 0.0638 e. The van der Waals surface area contributed by atoms with Gasteiger partial charge in [0.1, 0.15) is 0 Å². The van der Waals surface area contributed by atoms with Crippen molar-refractivity contribution in [1.82, 2.24) is 15.1 Å². The summed E-state index contributed by atoms with van der Waals surface area (Å²) in [6, 6.07) is 11.3. The van der Waals surface area contributed by atoms with Crippen LogP contribution in [0.25, 0.3) is 0 Å². The number of hydrogen-bond donors (Lipinski definition) is 1. The van der Waals surface area contributed by atoms with E-state index in [-0.39, 0.29) is 12.4 Å². The minimum atomic E-state index is 0. The zero-order chi connectivity index (χ0) is 14.5. The molecule has 0 bridgehead atoms. The second kappa shape index (κ2) is 8.35. The monoisotopic (exact) mass is 319 g/mol. The van der Waals surface area contributed by atoms with Crippen molar-refractivity contribution >= 4 is 12.4 Å². The molecule has 4 heteroatoms. The topological polar surface area (TPSA) is 29.9 Å². The van der Waals surface area contributed by atoms with Gasteiger partial charge in [0, 0.05) is 18.3 Å². The van der Waals surface area contributed by atoms with Crippen LogP contribution in [0.5, 0.6) is 0 Å². The van der Waals surface area contributed by atoms with E-state index in [0.717, 1.165) is 19.5 Å². The van der Waals surface area contributed by atoms with Gasteiger partial charge in [-0.05, 0) is 38.3 Å². The minimum Gasteiger partial charge on any atom is -0.312 e. The fraction of sp³-hybridized carbons (Fsp3) is 0.500. The molecule has 1 N–H and O–H groups in total. The lowest BCUT2D eigenvalue weighted by Crippen LogP contribution is -2.16. The van der Waals surface area contributed by atoms with E-state index >= 15 is 0 Å². The molecule has 1 aliphatic carbocycles. The Morgan fingerprint density at radius 2 is 1.91 bits per heavy atom. The second-order valence-electron chi connectivity index (χ2n) is 6.07. The molecule has 0 atom stereocenters. The Morgan fingerprint density at radius 1 is 1.18 bits per heavy atom. The van der Waals surface area contributed by atoms with Gasteiger partial charge in [0.15, 0.2) is 0 Å². The lowest BCUT2D eigenvalue weighted by Gasteiger charge is -2.08. The highest BCUT2D eigenvalue weighted by Gasteiger charge is 2.18. The maximum absolute atomic E-state index is 4.71. The van der Waals surface area contributed by atoms with Crippen LogP contribution < -0.4 is 5.32 Å². The van der Waals surface area contributed by atoms with E-state index in [1.807, 2.05) is 0 Å². The Hall–Kier alpha value is -1.32. The average molecular weight is 320 g/mol. The number of benzene rings is 1. The summed E-state index contributed by atoms with van der Waals surface area (Å²) in [4.78, 5) is 0. The van der Waals surface area contributed by atoms with Gasteiger partial charge >= 0.3 is 0 Å². The predicted molar refractivity (Wildman–Crippen MR) is 93.6 cm³/mol. The van der Waals surface area contributed by atoms with Crippen LogP contribution in [0.15, 0.2) is 36.5 Å². The lowest BCUT2D eigenvalue weighted by molar-refractivity contribution is 0.464. The van der Waals surface area contributed by atoms with Gasteiger partial charge in [-0.3, -0.25) is 4.68 Å². The Bertz CT molecular complexity index is 559. The number of hydrogen-bond acceptors (Lipinski definition) is 2. The Labute approximate surface area is 139 Å². The van der Waals surface area contributed by atoms with E-state index in [1.54, 1.807) is 0 Å². The van der Waals surface area contributed by atoms with Crippen molar-refractivity contribution in [3.8, 4) is 0 Å². The van der Waals surface area contributed by atoms with Gasteiger partial charge in [0.2, 0.25) is 0 Å². The molecule has 1 heterocycles. The van der Waals surface area contributed by atoms with E-state index in [9.17, 15) is 0 Å². The molecule has 0 amide bonds. The van der Waals surface area contributed by atoms with E-state index in [2.05, 4.69) is 53.5 Å². The van der Waals surface area contributed by atoms with Crippen LogP contribution >= 0.6 is 12.4 Å². The van der Waals surface area contributed by atoms with Crippen molar-refractivity contribution in [2.45, 2.75) is 51.6 Å². The highest BCUT2D eigenvalue weighted by atomic mass is 35.5. The molecule has 3 rings (SSSR count). The zero-order valence-corrected chi connectivity index (χ0v) is 14.1. The minimum absolute atomic E-state index is 0. The Balaban J connectivity index is 0.00000176. The lowest BCUT2D eigenvalue weighted by atomic mass is 10.1. The quantitative estimate of drug-likeness (QED) is 0.814. The fourth-order valence-corrected chi connectivity index (χ4v) is 3.15. The van der Waals surface area contributed by atoms with Crippen LogP contribution in [0.1, 0.15) is 48.5 Å². The first-order valence-electron chi connectivity index (χ1n) is 8.12. The highest BCUT2D eigenvalue weighted by molar-refractivity contribution is 5.85. The molecule has 3 nitrogen and oxygen atoms in total. The summed E-state index contributed by atoms with van der Waals surface area (Å²) in [5.74, 6) is 0. The summed E-state index contributed by atoms with van der Waals surface area (Å²) in [6.07, 6.45) is 8.63. The van der Waals surface area contributed by atoms with Crippen LogP contribution in [0.2, 0.25) is 0 Å². The van der Waals surface area contributed by atoms with Crippen LogP contribution in [-0.4, -0.2) is 16.3 Å². The molecule has 1 saturated carbocycles. The van der Waals surface area contributed by atoms with Crippen molar-refractivity contribution in [3.05, 3.63) is 53.3 Å². The molecule has 0 saturated heterocycles. The van der Waals surface area contributed by atoms with Crippen molar-refractivity contribution in [2.75, 3.05) is 6.54 Å². The third kappa shape index (κ3) is 4.34. The molecule has 1 fully saturated rings. The summed E-state index contributed by atoms with van der Waals surface area (Å²) < 4.78 is 2.20. The summed E-state index contributed by atoms with van der Waals surface area (Å²) in [5, 5.41) is 8.25. The molecule has 0 radical (unpaired) electrons. The average Bonchev–Trinajstić information content (AvgIpc) is 3.15. The molecule has 1 aliphatic rings. The smallest absolute Gasteiger partial charge is 0.0638 e. The number of nitrogens with one attached hydrogen (secondary N) is 1. The summed E-state index contributed by atoms with van der Waals surface area (Å²) in [7, 11) is 0. The van der Waals surface area contributed by atoms with Gasteiger partial charge in [-0.2, -0.15) is 5.10 Å². The fourth-order valence-electron chi connectivity index (χ4n) is 3.15. The van der Waals surface area contributed by atoms with Crippen LogP contribution in [-0.2, 0) is 13.0 Å². The van der Waals surface area contributed by atoms with Crippen molar-refractivity contribution in [3.63, 3.8) is 0 Å². The molecule has 0 spiro atoms. The first-order chi connectivity index (χ1) is 10.3. The van der Waals surface area contributed by atoms with Gasteiger partial charge in [-0.25, -0.2) is 0 Å². The van der Waals surface area contributed by atoms with Gasteiger partial charge < -0.3 is 5.32 Å². The molecule has 2 aromatic rings.